The predicted molar refractivity (Wildman–Crippen MR) is 61.6 cm³/mol. The van der Waals surface area contributed by atoms with E-state index >= 15 is 0 Å². The summed E-state index contributed by atoms with van der Waals surface area (Å²) in [6.45, 7) is 3.33. The lowest BCUT2D eigenvalue weighted by molar-refractivity contribution is -0.152. The number of carbonyl (C=O) groups excluding carboxylic acids is 1. The summed E-state index contributed by atoms with van der Waals surface area (Å²) in [5.74, 6) is -2.48. The monoisotopic (exact) mass is 255 g/mol. The van der Waals surface area contributed by atoms with Crippen LogP contribution in [0.2, 0.25) is 0 Å². The molecule has 0 aromatic carbocycles. The molecule has 2 unspecified atom stereocenters. The molecule has 100 valence electrons. The number of rotatable bonds is 6. The molecule has 8 nitrogen and oxygen atoms in total. The normalized spacial score (nSPS) is 15.7. The zero-order valence-corrected chi connectivity index (χ0v) is 10.6. The Labute approximate surface area is 104 Å². The molecule has 1 aromatic heterocycles. The summed E-state index contributed by atoms with van der Waals surface area (Å²) in [4.78, 5) is 24.5. The lowest BCUT2D eigenvalue weighted by Gasteiger charge is -2.33. The second kappa shape index (κ2) is 5.56. The molecule has 2 N–H and O–H groups in total. The molecule has 1 rings (SSSR count). The Balaban J connectivity index is 3.36. The number of hydrogen-bond donors (Lipinski definition) is 2. The van der Waals surface area contributed by atoms with Gasteiger partial charge in [0.1, 0.15) is 0 Å². The Morgan fingerprint density at radius 3 is 2.61 bits per heavy atom. The molecule has 1 heterocycles. The van der Waals surface area contributed by atoms with E-state index in [2.05, 4.69) is 20.7 Å². The third-order valence-electron chi connectivity index (χ3n) is 3.04. The fraction of sp³-hybridized carbons (Fsp3) is 0.700. The minimum absolute atomic E-state index is 0.316. The average molecular weight is 255 g/mol. The van der Waals surface area contributed by atoms with Gasteiger partial charge in [-0.05, 0) is 18.6 Å². The van der Waals surface area contributed by atoms with Gasteiger partial charge in [0.2, 0.25) is 0 Å². The number of nitrogens with one attached hydrogen (secondary N) is 1. The average Bonchev–Trinajstić information content (AvgIpc) is 2.88. The minimum atomic E-state index is -1.36. The van der Waals surface area contributed by atoms with Crippen LogP contribution in [0.4, 0.5) is 0 Å². The van der Waals surface area contributed by atoms with E-state index in [1.165, 1.54) is 20.3 Å². The number of tetrazole rings is 1. The third kappa shape index (κ3) is 2.18. The zero-order chi connectivity index (χ0) is 13.8. The number of aliphatic carboxylic acids is 1. The van der Waals surface area contributed by atoms with Gasteiger partial charge >= 0.3 is 5.97 Å². The van der Waals surface area contributed by atoms with Crippen LogP contribution in [0.5, 0.6) is 0 Å². The van der Waals surface area contributed by atoms with Gasteiger partial charge in [-0.2, -0.15) is 0 Å². The van der Waals surface area contributed by atoms with Crippen LogP contribution in [0.3, 0.4) is 0 Å². The van der Waals surface area contributed by atoms with Crippen molar-refractivity contribution in [3.8, 4) is 0 Å². The van der Waals surface area contributed by atoms with Crippen molar-refractivity contribution in [1.29, 1.82) is 0 Å². The summed E-state index contributed by atoms with van der Waals surface area (Å²) >= 11 is 0. The topological polar surface area (TPSA) is 110 Å². The molecule has 0 fully saturated rings. The number of carboxylic acid groups (broad SMARTS) is 1. The van der Waals surface area contributed by atoms with Gasteiger partial charge in [0, 0.05) is 7.05 Å². The molecule has 0 bridgehead atoms. The Bertz CT molecular complexity index is 419. The number of carbonyl (C=O) groups is 2. The number of likely N-dealkylation sites (N-methyl/N-ethyl adjacent to an activating group) is 1. The summed E-state index contributed by atoms with van der Waals surface area (Å²) in [7, 11) is 1.46. The Kier molecular flexibility index (Phi) is 4.35. The van der Waals surface area contributed by atoms with Crippen molar-refractivity contribution in [3.05, 3.63) is 6.33 Å². The standard InChI is InChI=1S/C10H17N5O3/c1-4-5-10(9(18)11-3,7(2)8(16)17)15-13-6-12-14-15/h6-7H,4-5H2,1-3H3,(H,11,18)(H,16,17). The van der Waals surface area contributed by atoms with Gasteiger partial charge in [0.05, 0.1) is 5.92 Å². The summed E-state index contributed by atoms with van der Waals surface area (Å²) in [6, 6.07) is 0. The van der Waals surface area contributed by atoms with E-state index in [1.807, 2.05) is 6.92 Å². The summed E-state index contributed by atoms with van der Waals surface area (Å²) in [6.07, 6.45) is 2.12. The number of amides is 1. The van der Waals surface area contributed by atoms with Crippen LogP contribution in [0.1, 0.15) is 26.7 Å². The molecule has 1 aromatic rings. The first kappa shape index (κ1) is 14.1. The van der Waals surface area contributed by atoms with E-state index in [-0.39, 0.29) is 0 Å². The van der Waals surface area contributed by atoms with Gasteiger partial charge in [-0.3, -0.25) is 9.59 Å². The van der Waals surface area contributed by atoms with E-state index in [0.29, 0.717) is 12.8 Å². The smallest absolute Gasteiger partial charge is 0.309 e. The van der Waals surface area contributed by atoms with Crippen LogP contribution in [-0.2, 0) is 15.1 Å². The highest BCUT2D eigenvalue weighted by molar-refractivity contribution is 5.89. The van der Waals surface area contributed by atoms with Crippen molar-refractivity contribution < 1.29 is 14.7 Å². The van der Waals surface area contributed by atoms with E-state index in [1.54, 1.807) is 0 Å². The Morgan fingerprint density at radius 1 is 1.56 bits per heavy atom. The van der Waals surface area contributed by atoms with Gasteiger partial charge in [0.15, 0.2) is 11.9 Å². The van der Waals surface area contributed by atoms with Gasteiger partial charge in [-0.15, -0.1) is 15.0 Å². The molecule has 0 spiro atoms. The highest BCUT2D eigenvalue weighted by atomic mass is 16.4. The second-order valence-corrected chi connectivity index (χ2v) is 4.04. The van der Waals surface area contributed by atoms with Crippen LogP contribution >= 0.6 is 0 Å². The van der Waals surface area contributed by atoms with Crippen LogP contribution in [-0.4, -0.2) is 44.2 Å². The van der Waals surface area contributed by atoms with E-state index < -0.39 is 23.3 Å². The maximum absolute atomic E-state index is 12.2. The Morgan fingerprint density at radius 2 is 2.22 bits per heavy atom. The molecule has 1 amide bonds. The van der Waals surface area contributed by atoms with E-state index in [0.717, 1.165) is 4.80 Å². The van der Waals surface area contributed by atoms with Crippen molar-refractivity contribution in [3.63, 3.8) is 0 Å². The maximum Gasteiger partial charge on any atom is 0.309 e. The number of aromatic nitrogens is 4. The van der Waals surface area contributed by atoms with E-state index in [4.69, 9.17) is 0 Å². The summed E-state index contributed by atoms with van der Waals surface area (Å²) < 4.78 is 0. The summed E-state index contributed by atoms with van der Waals surface area (Å²) in [5, 5.41) is 22.8. The minimum Gasteiger partial charge on any atom is -0.481 e. The van der Waals surface area contributed by atoms with Crippen molar-refractivity contribution in [1.82, 2.24) is 25.5 Å². The first-order chi connectivity index (χ1) is 8.50. The molecule has 18 heavy (non-hydrogen) atoms. The molecular weight excluding hydrogens is 238 g/mol. The second-order valence-electron chi connectivity index (χ2n) is 4.04. The summed E-state index contributed by atoms with van der Waals surface area (Å²) in [5.41, 5.74) is -1.36. The maximum atomic E-state index is 12.2. The van der Waals surface area contributed by atoms with Crippen molar-refractivity contribution in [2.45, 2.75) is 32.2 Å². The van der Waals surface area contributed by atoms with Crippen LogP contribution in [0.15, 0.2) is 6.33 Å². The van der Waals surface area contributed by atoms with Gasteiger partial charge < -0.3 is 10.4 Å². The molecule has 0 aliphatic carbocycles. The van der Waals surface area contributed by atoms with Crippen LogP contribution in [0.25, 0.3) is 0 Å². The lowest BCUT2D eigenvalue weighted by atomic mass is 9.80. The molecule has 8 heteroatoms. The van der Waals surface area contributed by atoms with Gasteiger partial charge in [0.25, 0.3) is 5.91 Å². The molecule has 0 aliphatic heterocycles. The van der Waals surface area contributed by atoms with Gasteiger partial charge in [-0.1, -0.05) is 13.3 Å². The third-order valence-corrected chi connectivity index (χ3v) is 3.04. The van der Waals surface area contributed by atoms with Crippen LogP contribution < -0.4 is 5.32 Å². The number of nitrogens with zero attached hydrogens (tertiary/aromatic N) is 4. The van der Waals surface area contributed by atoms with Crippen molar-refractivity contribution >= 4 is 11.9 Å². The van der Waals surface area contributed by atoms with Crippen molar-refractivity contribution in [2.24, 2.45) is 5.92 Å². The predicted octanol–water partition coefficient (Wildman–Crippen LogP) is -0.365. The fourth-order valence-electron chi connectivity index (χ4n) is 2.04. The molecular formula is C10H17N5O3. The SMILES string of the molecule is CCCC(C(=O)NC)(C(C)C(=O)O)n1ncnn1. The van der Waals surface area contributed by atoms with Crippen LogP contribution in [0, 0.1) is 5.92 Å². The Hall–Kier alpha value is -1.99. The van der Waals surface area contributed by atoms with Gasteiger partial charge in [-0.25, -0.2) is 0 Å². The largest absolute Gasteiger partial charge is 0.481 e. The van der Waals surface area contributed by atoms with Crippen molar-refractivity contribution in [2.75, 3.05) is 7.05 Å². The highest BCUT2D eigenvalue weighted by Gasteiger charge is 2.49. The number of carboxylic acids is 1. The molecule has 0 radical (unpaired) electrons. The molecule has 0 aliphatic rings. The molecule has 0 saturated heterocycles. The molecule has 0 saturated carbocycles. The zero-order valence-electron chi connectivity index (χ0n) is 10.6. The van der Waals surface area contributed by atoms with E-state index in [9.17, 15) is 14.7 Å². The number of hydrogen-bond acceptors (Lipinski definition) is 5. The highest BCUT2D eigenvalue weighted by Crippen LogP contribution is 2.30. The first-order valence-corrected chi connectivity index (χ1v) is 5.69. The quantitative estimate of drug-likeness (QED) is 0.718. The lowest BCUT2D eigenvalue weighted by Crippen LogP contribution is -2.55. The fourth-order valence-corrected chi connectivity index (χ4v) is 2.04. The first-order valence-electron chi connectivity index (χ1n) is 5.69. The molecule has 2 atom stereocenters.